The van der Waals surface area contributed by atoms with Gasteiger partial charge in [-0.1, -0.05) is 6.07 Å². The number of halogens is 1. The SMILES string of the molecule is Cc1cc(-c2cnc3c(NCC4(C)CN4)cc(-c4ccc(F)cc4)nn23)ccc1C(=O)NC1CC1. The number of aryl methyl sites for hydroxylation is 1. The van der Waals surface area contributed by atoms with Crippen molar-refractivity contribution < 1.29 is 9.18 Å². The summed E-state index contributed by atoms with van der Waals surface area (Å²) in [6, 6.07) is 14.4. The average molecular weight is 471 g/mol. The molecule has 1 saturated carbocycles. The van der Waals surface area contributed by atoms with Crippen molar-refractivity contribution in [1.82, 2.24) is 25.2 Å². The number of hydrogen-bond acceptors (Lipinski definition) is 5. The molecule has 1 aliphatic heterocycles. The molecule has 4 aromatic rings. The largest absolute Gasteiger partial charge is 0.380 e. The zero-order valence-electron chi connectivity index (χ0n) is 19.7. The second-order valence-corrected chi connectivity index (χ2v) is 9.87. The summed E-state index contributed by atoms with van der Waals surface area (Å²) in [5.41, 5.74) is 6.49. The number of rotatable bonds is 7. The molecule has 178 valence electrons. The molecule has 1 amide bonds. The molecule has 7 nitrogen and oxygen atoms in total. The number of aromatic nitrogens is 3. The monoisotopic (exact) mass is 470 g/mol. The Bertz CT molecular complexity index is 1440. The van der Waals surface area contributed by atoms with Crippen LogP contribution in [0.15, 0.2) is 54.7 Å². The van der Waals surface area contributed by atoms with E-state index in [0.29, 0.717) is 22.9 Å². The first-order valence-corrected chi connectivity index (χ1v) is 11.9. The Kier molecular flexibility index (Phi) is 5.07. The molecule has 3 N–H and O–H groups in total. The summed E-state index contributed by atoms with van der Waals surface area (Å²) in [5, 5.41) is 14.8. The van der Waals surface area contributed by atoms with Crippen molar-refractivity contribution in [3.63, 3.8) is 0 Å². The third kappa shape index (κ3) is 4.37. The van der Waals surface area contributed by atoms with Gasteiger partial charge in [0.15, 0.2) is 5.65 Å². The predicted molar refractivity (Wildman–Crippen MR) is 134 cm³/mol. The van der Waals surface area contributed by atoms with E-state index in [2.05, 4.69) is 27.9 Å². The molecule has 0 bridgehead atoms. The van der Waals surface area contributed by atoms with Crippen LogP contribution in [0, 0.1) is 12.7 Å². The molecule has 1 aliphatic carbocycles. The summed E-state index contributed by atoms with van der Waals surface area (Å²) in [7, 11) is 0. The van der Waals surface area contributed by atoms with Crippen LogP contribution in [0.25, 0.3) is 28.2 Å². The Hall–Kier alpha value is -3.78. The summed E-state index contributed by atoms with van der Waals surface area (Å²) in [4.78, 5) is 17.3. The van der Waals surface area contributed by atoms with Gasteiger partial charge < -0.3 is 16.0 Å². The zero-order valence-corrected chi connectivity index (χ0v) is 19.7. The van der Waals surface area contributed by atoms with E-state index in [1.165, 1.54) is 12.1 Å². The lowest BCUT2D eigenvalue weighted by Gasteiger charge is -2.14. The molecule has 1 saturated heterocycles. The maximum Gasteiger partial charge on any atom is 0.251 e. The highest BCUT2D eigenvalue weighted by molar-refractivity contribution is 5.96. The van der Waals surface area contributed by atoms with E-state index in [9.17, 15) is 9.18 Å². The predicted octanol–water partition coefficient (Wildman–Crippen LogP) is 4.18. The van der Waals surface area contributed by atoms with Gasteiger partial charge in [-0.3, -0.25) is 4.79 Å². The van der Waals surface area contributed by atoms with E-state index in [4.69, 9.17) is 5.10 Å². The first-order chi connectivity index (χ1) is 16.9. The Morgan fingerprint density at radius 3 is 2.60 bits per heavy atom. The molecular weight excluding hydrogens is 443 g/mol. The van der Waals surface area contributed by atoms with Gasteiger partial charge in [0.1, 0.15) is 5.82 Å². The molecule has 1 unspecified atom stereocenters. The highest BCUT2D eigenvalue weighted by atomic mass is 19.1. The number of fused-ring (bicyclic) bond motifs is 1. The minimum atomic E-state index is -0.287. The minimum Gasteiger partial charge on any atom is -0.380 e. The molecule has 6 rings (SSSR count). The topological polar surface area (TPSA) is 93.3 Å². The van der Waals surface area contributed by atoms with Crippen LogP contribution in [0.1, 0.15) is 35.7 Å². The lowest BCUT2D eigenvalue weighted by Crippen LogP contribution is -2.26. The van der Waals surface area contributed by atoms with Gasteiger partial charge in [0.2, 0.25) is 0 Å². The second-order valence-electron chi connectivity index (χ2n) is 9.87. The van der Waals surface area contributed by atoms with Gasteiger partial charge in [0.05, 0.1) is 23.3 Å². The van der Waals surface area contributed by atoms with E-state index in [0.717, 1.165) is 54.0 Å². The van der Waals surface area contributed by atoms with Crippen molar-refractivity contribution >= 4 is 17.2 Å². The van der Waals surface area contributed by atoms with Gasteiger partial charge in [0, 0.05) is 41.4 Å². The number of carbonyl (C=O) groups is 1. The Morgan fingerprint density at radius 1 is 1.17 bits per heavy atom. The molecule has 2 aromatic carbocycles. The molecular formula is C27H27FN6O. The summed E-state index contributed by atoms with van der Waals surface area (Å²) in [5.74, 6) is -0.314. The molecule has 1 atom stereocenters. The summed E-state index contributed by atoms with van der Waals surface area (Å²) < 4.78 is 15.4. The van der Waals surface area contributed by atoms with Gasteiger partial charge in [-0.05, 0) is 74.7 Å². The fourth-order valence-corrected chi connectivity index (χ4v) is 4.19. The number of imidazole rings is 1. The lowest BCUT2D eigenvalue weighted by atomic mass is 10.0. The third-order valence-electron chi connectivity index (χ3n) is 6.74. The van der Waals surface area contributed by atoms with Crippen LogP contribution in [0.3, 0.4) is 0 Å². The average Bonchev–Trinajstić information content (AvgIpc) is 3.76. The minimum absolute atomic E-state index is 0.0277. The molecule has 3 heterocycles. The molecule has 2 aliphatic rings. The van der Waals surface area contributed by atoms with Crippen molar-refractivity contribution in [1.29, 1.82) is 0 Å². The third-order valence-corrected chi connectivity index (χ3v) is 6.74. The molecule has 0 radical (unpaired) electrons. The smallest absolute Gasteiger partial charge is 0.251 e. The van der Waals surface area contributed by atoms with Crippen molar-refractivity contribution in [3.8, 4) is 22.5 Å². The number of nitrogens with zero attached hydrogens (tertiary/aromatic N) is 3. The normalized spacial score (nSPS) is 19.1. The van der Waals surface area contributed by atoms with Gasteiger partial charge in [-0.2, -0.15) is 5.10 Å². The van der Waals surface area contributed by atoms with E-state index >= 15 is 0 Å². The van der Waals surface area contributed by atoms with Crippen molar-refractivity contribution in [2.24, 2.45) is 0 Å². The Morgan fingerprint density at radius 2 is 1.91 bits per heavy atom. The summed E-state index contributed by atoms with van der Waals surface area (Å²) in [6.45, 7) is 5.83. The molecule has 8 heteroatoms. The van der Waals surface area contributed by atoms with Gasteiger partial charge in [-0.15, -0.1) is 0 Å². The van der Waals surface area contributed by atoms with E-state index in [1.807, 2.05) is 35.7 Å². The number of amides is 1. The van der Waals surface area contributed by atoms with Crippen LogP contribution >= 0.6 is 0 Å². The highest BCUT2D eigenvalue weighted by Crippen LogP contribution is 2.30. The van der Waals surface area contributed by atoms with Gasteiger partial charge in [0.25, 0.3) is 5.91 Å². The zero-order chi connectivity index (χ0) is 24.2. The van der Waals surface area contributed by atoms with Crippen LogP contribution in [-0.2, 0) is 0 Å². The number of anilines is 1. The first kappa shape index (κ1) is 21.7. The van der Waals surface area contributed by atoms with Crippen molar-refractivity contribution in [2.75, 3.05) is 18.4 Å². The fraction of sp³-hybridized carbons (Fsp3) is 0.296. The van der Waals surface area contributed by atoms with E-state index in [-0.39, 0.29) is 17.3 Å². The second kappa shape index (κ2) is 8.16. The summed E-state index contributed by atoms with van der Waals surface area (Å²) >= 11 is 0. The van der Waals surface area contributed by atoms with Crippen molar-refractivity contribution in [2.45, 2.75) is 38.3 Å². The number of hydrogen-bond donors (Lipinski definition) is 3. The Labute approximate surface area is 202 Å². The quantitative estimate of drug-likeness (QED) is 0.353. The van der Waals surface area contributed by atoms with Crippen LogP contribution in [-0.4, -0.2) is 45.2 Å². The highest BCUT2D eigenvalue weighted by Gasteiger charge is 2.36. The summed E-state index contributed by atoms with van der Waals surface area (Å²) in [6.07, 6.45) is 3.91. The first-order valence-electron chi connectivity index (χ1n) is 11.9. The van der Waals surface area contributed by atoms with E-state index < -0.39 is 0 Å². The van der Waals surface area contributed by atoms with Crippen molar-refractivity contribution in [3.05, 3.63) is 71.7 Å². The molecule has 2 fully saturated rings. The maximum atomic E-state index is 13.5. The number of carbonyl (C=O) groups excluding carboxylic acids is 1. The molecule has 2 aromatic heterocycles. The molecule has 35 heavy (non-hydrogen) atoms. The number of nitrogens with one attached hydrogen (secondary N) is 3. The van der Waals surface area contributed by atoms with Crippen LogP contribution in [0.4, 0.5) is 10.1 Å². The standard InChI is InChI=1S/C27H27FN6O/c1-16-11-18(5-10-21(16)26(35)32-20-8-9-20)24-13-29-25-23(30-14-27(2)15-31-27)12-22(33-34(24)25)17-3-6-19(28)7-4-17/h3-7,10-13,20,30-31H,8-9,14-15H2,1-2H3,(H,32,35). The lowest BCUT2D eigenvalue weighted by molar-refractivity contribution is 0.0950. The molecule has 0 spiro atoms. The number of benzene rings is 2. The van der Waals surface area contributed by atoms with E-state index in [1.54, 1.807) is 18.3 Å². The fourth-order valence-electron chi connectivity index (χ4n) is 4.19. The maximum absolute atomic E-state index is 13.5. The van der Waals surface area contributed by atoms with Crippen LogP contribution in [0.2, 0.25) is 0 Å². The van der Waals surface area contributed by atoms with Crippen LogP contribution in [0.5, 0.6) is 0 Å². The van der Waals surface area contributed by atoms with Gasteiger partial charge in [-0.25, -0.2) is 13.9 Å². The van der Waals surface area contributed by atoms with Crippen LogP contribution < -0.4 is 16.0 Å². The van der Waals surface area contributed by atoms with Gasteiger partial charge >= 0.3 is 0 Å². The Balaban J connectivity index is 1.41.